The van der Waals surface area contributed by atoms with Crippen LogP contribution in [-0.2, 0) is 6.42 Å². The zero-order valence-electron chi connectivity index (χ0n) is 8.96. The van der Waals surface area contributed by atoms with Crippen molar-refractivity contribution in [2.45, 2.75) is 32.7 Å². The molecule has 2 nitrogen and oxygen atoms in total. The van der Waals surface area contributed by atoms with E-state index in [1.54, 1.807) is 0 Å². The molecule has 1 unspecified atom stereocenters. The van der Waals surface area contributed by atoms with Crippen LogP contribution >= 0.6 is 0 Å². The molecule has 1 aliphatic carbocycles. The molecule has 76 valence electrons. The number of hydrogen-bond acceptors (Lipinski definition) is 2. The molecule has 1 saturated carbocycles. The molecule has 0 spiro atoms. The number of nitrogens with zero attached hydrogens (tertiary/aromatic N) is 1. The van der Waals surface area contributed by atoms with Crippen molar-refractivity contribution in [2.24, 2.45) is 5.41 Å². The Kier molecular flexibility index (Phi) is 2.55. The Morgan fingerprint density at radius 1 is 1.43 bits per heavy atom. The number of hydrogen-bond donors (Lipinski definition) is 1. The Morgan fingerprint density at radius 2 is 2.07 bits per heavy atom. The largest absolute Gasteiger partial charge is 0.313 e. The molecule has 14 heavy (non-hydrogen) atoms. The predicted molar refractivity (Wildman–Crippen MR) is 58.1 cm³/mol. The summed E-state index contributed by atoms with van der Waals surface area (Å²) in [7, 11) is 0. The van der Waals surface area contributed by atoms with E-state index in [0.29, 0.717) is 5.41 Å². The van der Waals surface area contributed by atoms with Crippen LogP contribution in [0, 0.1) is 5.41 Å². The third-order valence-corrected chi connectivity index (χ3v) is 3.07. The van der Waals surface area contributed by atoms with Gasteiger partial charge in [0, 0.05) is 18.4 Å². The first kappa shape index (κ1) is 9.66. The Balaban J connectivity index is 1.69. The van der Waals surface area contributed by atoms with Crippen LogP contribution in [0.2, 0.25) is 0 Å². The summed E-state index contributed by atoms with van der Waals surface area (Å²) < 4.78 is 0. The van der Waals surface area contributed by atoms with E-state index in [1.165, 1.54) is 12.0 Å². The molecule has 0 aromatic carbocycles. The van der Waals surface area contributed by atoms with Gasteiger partial charge in [0.25, 0.3) is 0 Å². The molecule has 0 bridgehead atoms. The van der Waals surface area contributed by atoms with Gasteiger partial charge in [0.15, 0.2) is 0 Å². The van der Waals surface area contributed by atoms with Crippen LogP contribution in [0.1, 0.15) is 25.8 Å². The van der Waals surface area contributed by atoms with Crippen LogP contribution in [0.15, 0.2) is 24.5 Å². The Hall–Kier alpha value is -0.890. The summed E-state index contributed by atoms with van der Waals surface area (Å²) in [6, 6.07) is 4.91. The molecule has 0 aliphatic heterocycles. The number of rotatable bonds is 4. The molecular weight excluding hydrogens is 172 g/mol. The van der Waals surface area contributed by atoms with Crippen LogP contribution in [0.3, 0.4) is 0 Å². The van der Waals surface area contributed by atoms with Gasteiger partial charge < -0.3 is 5.32 Å². The average Bonchev–Trinajstić information content (AvgIpc) is 2.76. The Bertz CT molecular complexity index is 292. The molecular formula is C12H18N2. The van der Waals surface area contributed by atoms with Gasteiger partial charge in [-0.15, -0.1) is 0 Å². The zero-order valence-corrected chi connectivity index (χ0v) is 8.96. The summed E-state index contributed by atoms with van der Waals surface area (Å²) >= 11 is 0. The molecule has 0 saturated heterocycles. The van der Waals surface area contributed by atoms with Crippen molar-refractivity contribution < 1.29 is 0 Å². The molecule has 2 rings (SSSR count). The maximum atomic E-state index is 4.00. The quantitative estimate of drug-likeness (QED) is 0.785. The third-order valence-electron chi connectivity index (χ3n) is 3.07. The van der Waals surface area contributed by atoms with Gasteiger partial charge in [-0.2, -0.15) is 0 Å². The van der Waals surface area contributed by atoms with E-state index in [-0.39, 0.29) is 0 Å². The minimum Gasteiger partial charge on any atom is -0.313 e. The van der Waals surface area contributed by atoms with Crippen LogP contribution in [0.4, 0.5) is 0 Å². The number of nitrogens with one attached hydrogen (secondary N) is 1. The predicted octanol–water partition coefficient (Wildman–Crippen LogP) is 2.01. The maximum absolute atomic E-state index is 4.00. The first-order valence-corrected chi connectivity index (χ1v) is 5.31. The second-order valence-electron chi connectivity index (χ2n) is 4.80. The summed E-state index contributed by atoms with van der Waals surface area (Å²) in [6.45, 7) is 5.71. The first-order chi connectivity index (χ1) is 6.68. The summed E-state index contributed by atoms with van der Waals surface area (Å²) in [4.78, 5) is 4.00. The van der Waals surface area contributed by atoms with Crippen molar-refractivity contribution in [3.05, 3.63) is 30.1 Å². The molecule has 1 heterocycles. The molecule has 1 aromatic heterocycles. The van der Waals surface area contributed by atoms with Crippen molar-refractivity contribution in [1.82, 2.24) is 10.3 Å². The van der Waals surface area contributed by atoms with Crippen LogP contribution in [-0.4, -0.2) is 17.6 Å². The fourth-order valence-corrected chi connectivity index (χ4v) is 1.76. The van der Waals surface area contributed by atoms with E-state index in [9.17, 15) is 0 Å². The van der Waals surface area contributed by atoms with E-state index >= 15 is 0 Å². The van der Waals surface area contributed by atoms with E-state index in [4.69, 9.17) is 0 Å². The fraction of sp³-hybridized carbons (Fsp3) is 0.583. The molecule has 1 aromatic rings. The first-order valence-electron chi connectivity index (χ1n) is 5.31. The standard InChI is InChI=1S/C12H18N2/c1-12(2)9-11(12)14-8-5-10-3-6-13-7-4-10/h3-4,6-7,11,14H,5,8-9H2,1-2H3. The number of aromatic nitrogens is 1. The summed E-state index contributed by atoms with van der Waals surface area (Å²) in [5, 5.41) is 3.57. The van der Waals surface area contributed by atoms with Crippen LogP contribution in [0.5, 0.6) is 0 Å². The second kappa shape index (κ2) is 3.70. The molecule has 1 fully saturated rings. The minimum absolute atomic E-state index is 0.540. The van der Waals surface area contributed by atoms with Crippen molar-refractivity contribution >= 4 is 0 Å². The second-order valence-corrected chi connectivity index (χ2v) is 4.80. The van der Waals surface area contributed by atoms with E-state index < -0.39 is 0 Å². The van der Waals surface area contributed by atoms with Crippen molar-refractivity contribution in [1.29, 1.82) is 0 Å². The smallest absolute Gasteiger partial charge is 0.0270 e. The summed E-state index contributed by atoms with van der Waals surface area (Å²) in [5.41, 5.74) is 1.91. The Morgan fingerprint density at radius 3 is 2.64 bits per heavy atom. The minimum atomic E-state index is 0.540. The molecule has 2 heteroatoms. The highest BCUT2D eigenvalue weighted by molar-refractivity contribution is 5.10. The van der Waals surface area contributed by atoms with E-state index in [0.717, 1.165) is 19.0 Å². The maximum Gasteiger partial charge on any atom is 0.0270 e. The molecule has 0 amide bonds. The third kappa shape index (κ3) is 2.32. The molecule has 1 atom stereocenters. The van der Waals surface area contributed by atoms with Gasteiger partial charge in [0.1, 0.15) is 0 Å². The van der Waals surface area contributed by atoms with Gasteiger partial charge in [-0.25, -0.2) is 0 Å². The zero-order chi connectivity index (χ0) is 10.0. The van der Waals surface area contributed by atoms with E-state index in [2.05, 4.69) is 36.3 Å². The van der Waals surface area contributed by atoms with Gasteiger partial charge >= 0.3 is 0 Å². The molecule has 1 N–H and O–H groups in total. The molecule has 0 radical (unpaired) electrons. The lowest BCUT2D eigenvalue weighted by atomic mass is 10.2. The highest BCUT2D eigenvalue weighted by atomic mass is 15.0. The van der Waals surface area contributed by atoms with Crippen molar-refractivity contribution in [2.75, 3.05) is 6.54 Å². The monoisotopic (exact) mass is 190 g/mol. The normalized spacial score (nSPS) is 23.4. The van der Waals surface area contributed by atoms with Gasteiger partial charge in [-0.3, -0.25) is 4.98 Å². The van der Waals surface area contributed by atoms with Crippen molar-refractivity contribution in [3.8, 4) is 0 Å². The summed E-state index contributed by atoms with van der Waals surface area (Å²) in [5.74, 6) is 0. The number of pyridine rings is 1. The highest BCUT2D eigenvalue weighted by Crippen LogP contribution is 2.44. The van der Waals surface area contributed by atoms with Gasteiger partial charge in [-0.05, 0) is 42.5 Å². The highest BCUT2D eigenvalue weighted by Gasteiger charge is 2.44. The average molecular weight is 190 g/mol. The van der Waals surface area contributed by atoms with E-state index in [1.807, 2.05) is 12.4 Å². The molecule has 1 aliphatic rings. The van der Waals surface area contributed by atoms with Gasteiger partial charge in [0.2, 0.25) is 0 Å². The SMILES string of the molecule is CC1(C)CC1NCCc1ccncc1. The van der Waals surface area contributed by atoms with Gasteiger partial charge in [-0.1, -0.05) is 13.8 Å². The van der Waals surface area contributed by atoms with Crippen LogP contribution in [0.25, 0.3) is 0 Å². The van der Waals surface area contributed by atoms with Crippen molar-refractivity contribution in [3.63, 3.8) is 0 Å². The fourth-order valence-electron chi connectivity index (χ4n) is 1.76. The topological polar surface area (TPSA) is 24.9 Å². The van der Waals surface area contributed by atoms with Gasteiger partial charge in [0.05, 0.1) is 0 Å². The van der Waals surface area contributed by atoms with Crippen LogP contribution < -0.4 is 5.32 Å². The lowest BCUT2D eigenvalue weighted by Gasteiger charge is -2.06. The lowest BCUT2D eigenvalue weighted by Crippen LogP contribution is -2.23. The Labute approximate surface area is 85.7 Å². The summed E-state index contributed by atoms with van der Waals surface area (Å²) in [6.07, 6.45) is 6.14. The lowest BCUT2D eigenvalue weighted by molar-refractivity contribution is 0.544.